The van der Waals surface area contributed by atoms with E-state index in [4.69, 9.17) is 9.84 Å². The minimum Gasteiger partial charge on any atom is -0.508 e. The van der Waals surface area contributed by atoms with Crippen LogP contribution in [0, 0.1) is 6.92 Å². The SMILES string of the molecule is Cc1cc(Br)ccc1NC(=O)COC(=O)c1ccc(O)cc1O. The third-order valence-corrected chi connectivity index (χ3v) is 3.49. The summed E-state index contributed by atoms with van der Waals surface area (Å²) < 4.78 is 5.74. The summed E-state index contributed by atoms with van der Waals surface area (Å²) in [5, 5.41) is 21.4. The maximum Gasteiger partial charge on any atom is 0.342 e. The van der Waals surface area contributed by atoms with Crippen LogP contribution in [0.25, 0.3) is 0 Å². The number of hydrogen-bond donors (Lipinski definition) is 3. The van der Waals surface area contributed by atoms with E-state index in [1.807, 2.05) is 13.0 Å². The van der Waals surface area contributed by atoms with E-state index in [9.17, 15) is 14.7 Å². The van der Waals surface area contributed by atoms with Crippen molar-refractivity contribution in [2.75, 3.05) is 11.9 Å². The molecule has 0 atom stereocenters. The van der Waals surface area contributed by atoms with Gasteiger partial charge in [0.1, 0.15) is 17.1 Å². The average molecular weight is 380 g/mol. The fourth-order valence-electron chi connectivity index (χ4n) is 1.86. The number of carbonyl (C=O) groups is 2. The van der Waals surface area contributed by atoms with Crippen molar-refractivity contribution in [2.45, 2.75) is 6.92 Å². The van der Waals surface area contributed by atoms with Gasteiger partial charge >= 0.3 is 5.97 Å². The molecule has 0 aliphatic heterocycles. The minimum atomic E-state index is -0.856. The first kappa shape index (κ1) is 16.8. The number of nitrogens with one attached hydrogen (secondary N) is 1. The lowest BCUT2D eigenvalue weighted by Crippen LogP contribution is -2.21. The largest absolute Gasteiger partial charge is 0.508 e. The van der Waals surface area contributed by atoms with Gasteiger partial charge in [-0.1, -0.05) is 15.9 Å². The zero-order chi connectivity index (χ0) is 17.0. The number of aryl methyl sites for hydroxylation is 1. The van der Waals surface area contributed by atoms with Crippen molar-refractivity contribution in [1.29, 1.82) is 0 Å². The van der Waals surface area contributed by atoms with Crippen molar-refractivity contribution in [2.24, 2.45) is 0 Å². The molecule has 7 heteroatoms. The fourth-order valence-corrected chi connectivity index (χ4v) is 2.33. The van der Waals surface area contributed by atoms with E-state index < -0.39 is 24.2 Å². The van der Waals surface area contributed by atoms with Crippen LogP contribution in [-0.4, -0.2) is 28.7 Å². The Kier molecular flexibility index (Phi) is 5.23. The van der Waals surface area contributed by atoms with Crippen molar-refractivity contribution in [3.05, 3.63) is 52.0 Å². The number of halogens is 1. The van der Waals surface area contributed by atoms with Crippen LogP contribution in [0.2, 0.25) is 0 Å². The van der Waals surface area contributed by atoms with Crippen LogP contribution in [0.5, 0.6) is 11.5 Å². The molecule has 0 saturated heterocycles. The van der Waals surface area contributed by atoms with Crippen LogP contribution >= 0.6 is 15.9 Å². The maximum absolute atomic E-state index is 11.8. The van der Waals surface area contributed by atoms with Gasteiger partial charge in [-0.05, 0) is 42.8 Å². The molecule has 0 spiro atoms. The minimum absolute atomic E-state index is 0.129. The lowest BCUT2D eigenvalue weighted by atomic mass is 10.2. The molecule has 2 aromatic carbocycles. The van der Waals surface area contributed by atoms with Crippen molar-refractivity contribution in [3.63, 3.8) is 0 Å². The summed E-state index contributed by atoms with van der Waals surface area (Å²) in [5.74, 6) is -1.95. The van der Waals surface area contributed by atoms with Crippen LogP contribution < -0.4 is 5.32 Å². The van der Waals surface area contributed by atoms with E-state index in [-0.39, 0.29) is 11.3 Å². The number of anilines is 1. The van der Waals surface area contributed by atoms with Gasteiger partial charge in [0.15, 0.2) is 6.61 Å². The lowest BCUT2D eigenvalue weighted by Gasteiger charge is -2.10. The summed E-state index contributed by atoms with van der Waals surface area (Å²) in [6, 6.07) is 8.82. The first-order chi connectivity index (χ1) is 10.9. The molecule has 0 heterocycles. The number of carbonyl (C=O) groups excluding carboxylic acids is 2. The second-order valence-electron chi connectivity index (χ2n) is 4.79. The first-order valence-corrected chi connectivity index (χ1v) is 7.41. The third-order valence-electron chi connectivity index (χ3n) is 3.00. The first-order valence-electron chi connectivity index (χ1n) is 6.62. The second-order valence-corrected chi connectivity index (χ2v) is 5.70. The third kappa shape index (κ3) is 4.46. The van der Waals surface area contributed by atoms with Gasteiger partial charge in [-0.3, -0.25) is 4.79 Å². The Bertz CT molecular complexity index is 760. The number of phenols is 2. The molecule has 0 aliphatic carbocycles. The van der Waals surface area contributed by atoms with E-state index in [2.05, 4.69) is 21.2 Å². The molecule has 6 nitrogen and oxygen atoms in total. The molecule has 2 rings (SSSR count). The van der Waals surface area contributed by atoms with E-state index in [0.29, 0.717) is 5.69 Å². The van der Waals surface area contributed by atoms with Crippen LogP contribution in [-0.2, 0) is 9.53 Å². The highest BCUT2D eigenvalue weighted by atomic mass is 79.9. The average Bonchev–Trinajstić information content (AvgIpc) is 2.48. The zero-order valence-corrected chi connectivity index (χ0v) is 13.8. The zero-order valence-electron chi connectivity index (χ0n) is 12.2. The number of benzene rings is 2. The standard InChI is InChI=1S/C16H14BrNO5/c1-9-6-10(17)2-5-13(9)18-15(21)8-23-16(22)12-4-3-11(19)7-14(12)20/h2-7,19-20H,8H2,1H3,(H,18,21). The molecule has 0 aromatic heterocycles. The second kappa shape index (κ2) is 7.15. The number of ether oxygens (including phenoxy) is 1. The predicted molar refractivity (Wildman–Crippen MR) is 87.6 cm³/mol. The molecule has 0 unspecified atom stereocenters. The molecule has 3 N–H and O–H groups in total. The van der Waals surface area contributed by atoms with Crippen LogP contribution in [0.4, 0.5) is 5.69 Å². The van der Waals surface area contributed by atoms with E-state index in [0.717, 1.165) is 16.1 Å². The normalized spacial score (nSPS) is 10.2. The summed E-state index contributed by atoms with van der Waals surface area (Å²) in [6.45, 7) is 1.34. The summed E-state index contributed by atoms with van der Waals surface area (Å²) in [7, 11) is 0. The number of phenolic OH excluding ortho intramolecular Hbond substituents is 2. The summed E-state index contributed by atoms with van der Waals surface area (Å²) in [4.78, 5) is 23.6. The number of rotatable bonds is 4. The molecular formula is C16H14BrNO5. The Hall–Kier alpha value is -2.54. The Morgan fingerprint density at radius 3 is 2.57 bits per heavy atom. The highest BCUT2D eigenvalue weighted by Gasteiger charge is 2.15. The Morgan fingerprint density at radius 1 is 1.17 bits per heavy atom. The molecule has 0 saturated carbocycles. The molecule has 0 radical (unpaired) electrons. The Labute approximate surface area is 140 Å². The Balaban J connectivity index is 1.94. The smallest absolute Gasteiger partial charge is 0.342 e. The number of hydrogen-bond acceptors (Lipinski definition) is 5. The fraction of sp³-hybridized carbons (Fsp3) is 0.125. The molecule has 0 aliphatic rings. The molecule has 2 aromatic rings. The summed E-state index contributed by atoms with van der Waals surface area (Å²) in [6.07, 6.45) is 0. The molecule has 1 amide bonds. The van der Waals surface area contributed by atoms with Crippen LogP contribution in [0.3, 0.4) is 0 Å². The van der Waals surface area contributed by atoms with Gasteiger partial charge in [0, 0.05) is 16.2 Å². The molecule has 120 valence electrons. The lowest BCUT2D eigenvalue weighted by molar-refractivity contribution is -0.119. The van der Waals surface area contributed by atoms with Crippen LogP contribution in [0.1, 0.15) is 15.9 Å². The van der Waals surface area contributed by atoms with Gasteiger partial charge in [0.05, 0.1) is 0 Å². The van der Waals surface area contributed by atoms with E-state index in [1.165, 1.54) is 12.1 Å². The summed E-state index contributed by atoms with van der Waals surface area (Å²) in [5.41, 5.74) is 1.34. The van der Waals surface area contributed by atoms with E-state index in [1.54, 1.807) is 12.1 Å². The topological polar surface area (TPSA) is 95.9 Å². The van der Waals surface area contributed by atoms with Gasteiger partial charge in [-0.2, -0.15) is 0 Å². The molecule has 0 bridgehead atoms. The van der Waals surface area contributed by atoms with Gasteiger partial charge in [0.25, 0.3) is 5.91 Å². The molecular weight excluding hydrogens is 366 g/mol. The van der Waals surface area contributed by atoms with Crippen molar-refractivity contribution < 1.29 is 24.5 Å². The van der Waals surface area contributed by atoms with Crippen LogP contribution in [0.15, 0.2) is 40.9 Å². The van der Waals surface area contributed by atoms with Gasteiger partial charge in [0.2, 0.25) is 0 Å². The number of esters is 1. The number of aromatic hydroxyl groups is 2. The molecule has 0 fully saturated rings. The Morgan fingerprint density at radius 2 is 1.91 bits per heavy atom. The quantitative estimate of drug-likeness (QED) is 0.709. The predicted octanol–water partition coefficient (Wildman–Crippen LogP) is 2.96. The maximum atomic E-state index is 11.8. The van der Waals surface area contributed by atoms with Gasteiger partial charge in [-0.15, -0.1) is 0 Å². The number of amides is 1. The summed E-state index contributed by atoms with van der Waals surface area (Å²) >= 11 is 3.33. The monoisotopic (exact) mass is 379 g/mol. The van der Waals surface area contributed by atoms with Crippen molar-refractivity contribution in [3.8, 4) is 11.5 Å². The highest BCUT2D eigenvalue weighted by Crippen LogP contribution is 2.23. The van der Waals surface area contributed by atoms with E-state index >= 15 is 0 Å². The van der Waals surface area contributed by atoms with Crippen molar-refractivity contribution in [1.82, 2.24) is 0 Å². The van der Waals surface area contributed by atoms with Crippen molar-refractivity contribution >= 4 is 33.5 Å². The van der Waals surface area contributed by atoms with Gasteiger partial charge < -0.3 is 20.3 Å². The highest BCUT2D eigenvalue weighted by molar-refractivity contribution is 9.10. The van der Waals surface area contributed by atoms with Gasteiger partial charge in [-0.25, -0.2) is 4.79 Å². The molecule has 23 heavy (non-hydrogen) atoms.